The van der Waals surface area contributed by atoms with Crippen LogP contribution in [0.15, 0.2) is 36.4 Å². The number of ether oxygens (including phenoxy) is 3. The van der Waals surface area contributed by atoms with Gasteiger partial charge in [0.25, 0.3) is 0 Å². The van der Waals surface area contributed by atoms with Gasteiger partial charge in [-0.25, -0.2) is 4.85 Å². The molecule has 0 saturated carbocycles. The van der Waals surface area contributed by atoms with Gasteiger partial charge < -0.3 is 24.8 Å². The Balaban J connectivity index is 1.68. The van der Waals surface area contributed by atoms with Gasteiger partial charge in [-0.15, -0.1) is 0 Å². The van der Waals surface area contributed by atoms with Gasteiger partial charge in [-0.1, -0.05) is 26.0 Å². The molecular weight excluding hydrogens is 390 g/mol. The van der Waals surface area contributed by atoms with E-state index in [4.69, 9.17) is 20.8 Å². The van der Waals surface area contributed by atoms with Crippen molar-refractivity contribution in [2.24, 2.45) is 11.8 Å². The van der Waals surface area contributed by atoms with Crippen LogP contribution in [0.5, 0.6) is 17.2 Å². The quantitative estimate of drug-likeness (QED) is 0.519. The molecule has 0 radical (unpaired) electrons. The van der Waals surface area contributed by atoms with Crippen molar-refractivity contribution in [1.82, 2.24) is 10.6 Å². The molecule has 1 aliphatic rings. The molecule has 0 aromatic heterocycles. The maximum Gasteiger partial charge on any atom is 0.190 e. The minimum Gasteiger partial charge on any atom is -0.498 e. The maximum atomic E-state index is 7.16. The van der Waals surface area contributed by atoms with Gasteiger partial charge in [0.1, 0.15) is 23.9 Å². The fourth-order valence-electron chi connectivity index (χ4n) is 3.55. The van der Waals surface area contributed by atoms with Crippen molar-refractivity contribution in [3.05, 3.63) is 58.9 Å². The van der Waals surface area contributed by atoms with Crippen molar-refractivity contribution in [1.29, 1.82) is 0 Å². The summed E-state index contributed by atoms with van der Waals surface area (Å²) in [4.78, 5) is 3.46. The Morgan fingerprint density at radius 1 is 1.16 bits per heavy atom. The molecule has 0 spiro atoms. The lowest BCUT2D eigenvalue weighted by atomic mass is 10.1. The predicted octanol–water partition coefficient (Wildman–Crippen LogP) is 4.56. The van der Waals surface area contributed by atoms with Crippen LogP contribution in [-0.2, 0) is 13.2 Å². The number of hydrogen-bond donors (Lipinski definition) is 2. The summed E-state index contributed by atoms with van der Waals surface area (Å²) in [7, 11) is 1.61. The zero-order valence-corrected chi connectivity index (χ0v) is 18.7. The molecule has 2 aromatic carbocycles. The van der Waals surface area contributed by atoms with Crippen LogP contribution in [0.2, 0.25) is 0 Å². The van der Waals surface area contributed by atoms with Crippen molar-refractivity contribution in [3.8, 4) is 17.2 Å². The van der Waals surface area contributed by atoms with Crippen LogP contribution in [0, 0.1) is 18.4 Å². The Bertz CT molecular complexity index is 886. The number of benzene rings is 2. The second kappa shape index (κ2) is 11.6. The van der Waals surface area contributed by atoms with E-state index >= 15 is 0 Å². The first kappa shape index (κ1) is 22.9. The molecule has 1 unspecified atom stereocenters. The standard InChI is InChI=1S/C25H33N3O3/c1-18(2)16-30-23-9-20(15-28-14-19-7-8-27-13-19)10-24(12-23)31-17-21-5-6-22(26-3)11-25(21)29-4/h5-6,9-12,18-19,27-28H,7-8,13-17H2,1-2,4H3. The van der Waals surface area contributed by atoms with Gasteiger partial charge in [0.2, 0.25) is 0 Å². The molecule has 2 N–H and O–H groups in total. The lowest BCUT2D eigenvalue weighted by Gasteiger charge is -2.16. The third kappa shape index (κ3) is 7.16. The Kier molecular flexibility index (Phi) is 8.57. The first-order valence-corrected chi connectivity index (χ1v) is 10.9. The van der Waals surface area contributed by atoms with E-state index in [0.717, 1.165) is 48.8 Å². The van der Waals surface area contributed by atoms with Gasteiger partial charge in [0.05, 0.1) is 20.3 Å². The van der Waals surface area contributed by atoms with Crippen LogP contribution in [0.4, 0.5) is 5.69 Å². The molecule has 0 aliphatic carbocycles. The summed E-state index contributed by atoms with van der Waals surface area (Å²) < 4.78 is 17.5. The van der Waals surface area contributed by atoms with Crippen molar-refractivity contribution in [2.75, 3.05) is 33.4 Å². The molecule has 1 atom stereocenters. The molecule has 0 bridgehead atoms. The third-order valence-corrected chi connectivity index (χ3v) is 5.24. The summed E-state index contributed by atoms with van der Waals surface area (Å²) in [5.41, 5.74) is 2.59. The molecule has 1 aliphatic heterocycles. The molecule has 6 nitrogen and oxygen atoms in total. The largest absolute Gasteiger partial charge is 0.498 e. The Morgan fingerprint density at radius 3 is 2.65 bits per heavy atom. The van der Waals surface area contributed by atoms with Crippen LogP contribution in [0.3, 0.4) is 0 Å². The number of hydrogen-bond acceptors (Lipinski definition) is 5. The van der Waals surface area contributed by atoms with Crippen LogP contribution < -0.4 is 24.8 Å². The van der Waals surface area contributed by atoms with E-state index in [1.165, 1.54) is 6.42 Å². The van der Waals surface area contributed by atoms with Gasteiger partial charge in [0, 0.05) is 18.2 Å². The van der Waals surface area contributed by atoms with Gasteiger partial charge in [-0.3, -0.25) is 0 Å². The fourth-order valence-corrected chi connectivity index (χ4v) is 3.55. The first-order chi connectivity index (χ1) is 15.1. The summed E-state index contributed by atoms with van der Waals surface area (Å²) in [5, 5.41) is 6.98. The van der Waals surface area contributed by atoms with E-state index in [-0.39, 0.29) is 0 Å². The van der Waals surface area contributed by atoms with Crippen molar-refractivity contribution in [2.45, 2.75) is 33.4 Å². The van der Waals surface area contributed by atoms with Gasteiger partial charge in [-0.2, -0.15) is 0 Å². The molecule has 1 saturated heterocycles. The molecule has 6 heteroatoms. The zero-order chi connectivity index (χ0) is 22.1. The summed E-state index contributed by atoms with van der Waals surface area (Å²) >= 11 is 0. The average molecular weight is 424 g/mol. The molecule has 31 heavy (non-hydrogen) atoms. The Morgan fingerprint density at radius 2 is 1.97 bits per heavy atom. The molecular formula is C25H33N3O3. The van der Waals surface area contributed by atoms with E-state index in [9.17, 15) is 0 Å². The van der Waals surface area contributed by atoms with Gasteiger partial charge >= 0.3 is 0 Å². The number of rotatable bonds is 11. The summed E-state index contributed by atoms with van der Waals surface area (Å²) in [5.74, 6) is 3.39. The highest BCUT2D eigenvalue weighted by Crippen LogP contribution is 2.28. The van der Waals surface area contributed by atoms with E-state index in [1.807, 2.05) is 12.1 Å². The average Bonchev–Trinajstić information content (AvgIpc) is 3.29. The third-order valence-electron chi connectivity index (χ3n) is 5.24. The Hall–Kier alpha value is -2.75. The van der Waals surface area contributed by atoms with E-state index < -0.39 is 0 Å². The van der Waals surface area contributed by atoms with E-state index in [0.29, 0.717) is 36.5 Å². The summed E-state index contributed by atoms with van der Waals surface area (Å²) in [6, 6.07) is 11.5. The van der Waals surface area contributed by atoms with Gasteiger partial charge in [0.15, 0.2) is 5.69 Å². The van der Waals surface area contributed by atoms with Crippen LogP contribution in [0.25, 0.3) is 4.85 Å². The first-order valence-electron chi connectivity index (χ1n) is 10.9. The second-order valence-electron chi connectivity index (χ2n) is 8.40. The molecule has 0 amide bonds. The van der Waals surface area contributed by atoms with E-state index in [1.54, 1.807) is 19.2 Å². The fraction of sp³-hybridized carbons (Fsp3) is 0.480. The zero-order valence-electron chi connectivity index (χ0n) is 18.7. The van der Waals surface area contributed by atoms with Crippen molar-refractivity contribution < 1.29 is 14.2 Å². The number of methoxy groups -OCH3 is 1. The monoisotopic (exact) mass is 423 g/mol. The maximum absolute atomic E-state index is 7.16. The van der Waals surface area contributed by atoms with Crippen LogP contribution in [-0.4, -0.2) is 33.4 Å². The minimum atomic E-state index is 0.357. The van der Waals surface area contributed by atoms with Crippen molar-refractivity contribution >= 4 is 5.69 Å². The highest BCUT2D eigenvalue weighted by molar-refractivity contribution is 5.52. The number of nitrogens with zero attached hydrogens (tertiary/aromatic N) is 1. The van der Waals surface area contributed by atoms with Gasteiger partial charge in [-0.05, 0) is 61.7 Å². The predicted molar refractivity (Wildman–Crippen MR) is 123 cm³/mol. The summed E-state index contributed by atoms with van der Waals surface area (Å²) in [6.07, 6.45) is 1.23. The molecule has 2 aromatic rings. The van der Waals surface area contributed by atoms with Crippen LogP contribution >= 0.6 is 0 Å². The number of nitrogens with one attached hydrogen (secondary N) is 2. The highest BCUT2D eigenvalue weighted by atomic mass is 16.5. The molecule has 1 fully saturated rings. The van der Waals surface area contributed by atoms with Crippen molar-refractivity contribution in [3.63, 3.8) is 0 Å². The second-order valence-corrected chi connectivity index (χ2v) is 8.40. The lowest BCUT2D eigenvalue weighted by Crippen LogP contribution is -2.24. The topological polar surface area (TPSA) is 56.1 Å². The normalized spacial score (nSPS) is 15.6. The SMILES string of the molecule is [C-]#[N+]c1ccc(COc2cc(CNCC3CCNC3)cc(OCC(C)C)c2)c(OC)c1. The smallest absolute Gasteiger partial charge is 0.190 e. The molecule has 3 rings (SSSR count). The highest BCUT2D eigenvalue weighted by Gasteiger charge is 2.14. The van der Waals surface area contributed by atoms with E-state index in [2.05, 4.69) is 41.5 Å². The minimum absolute atomic E-state index is 0.357. The molecule has 166 valence electrons. The lowest BCUT2D eigenvalue weighted by molar-refractivity contribution is 0.264. The van der Waals surface area contributed by atoms with Crippen LogP contribution in [0.1, 0.15) is 31.4 Å². The molecule has 1 heterocycles. The summed E-state index contributed by atoms with van der Waals surface area (Å²) in [6.45, 7) is 16.4. The Labute approximate surface area is 185 Å².